The first-order chi connectivity index (χ1) is 6.68. The summed E-state index contributed by atoms with van der Waals surface area (Å²) in [6, 6.07) is 5.87. The molecule has 0 spiro atoms. The number of hydrogen-bond acceptors (Lipinski definition) is 2. The van der Waals surface area contributed by atoms with E-state index in [0.29, 0.717) is 0 Å². The Kier molecular flexibility index (Phi) is 2.00. The van der Waals surface area contributed by atoms with E-state index < -0.39 is 0 Å². The van der Waals surface area contributed by atoms with Crippen LogP contribution in [0.15, 0.2) is 30.5 Å². The summed E-state index contributed by atoms with van der Waals surface area (Å²) in [6.45, 7) is 3.91. The van der Waals surface area contributed by atoms with Gasteiger partial charge in [-0.15, -0.1) is 5.06 Å². The predicted molar refractivity (Wildman–Crippen MR) is 52.5 cm³/mol. The first-order valence-corrected chi connectivity index (χ1v) is 4.44. The van der Waals surface area contributed by atoms with E-state index >= 15 is 0 Å². The number of nitrogens with zero attached hydrogens (tertiary/aromatic N) is 1. The Bertz CT molecular complexity index is 389. The first kappa shape index (κ1) is 8.81. The van der Waals surface area contributed by atoms with Crippen LogP contribution >= 0.6 is 0 Å². The van der Waals surface area contributed by atoms with E-state index in [0.717, 1.165) is 16.9 Å². The van der Waals surface area contributed by atoms with Crippen molar-refractivity contribution in [1.82, 2.24) is 5.06 Å². The summed E-state index contributed by atoms with van der Waals surface area (Å²) in [6.07, 6.45) is 3.07. The van der Waals surface area contributed by atoms with Crippen molar-refractivity contribution in [3.63, 3.8) is 0 Å². The van der Waals surface area contributed by atoms with Gasteiger partial charge in [0.05, 0.1) is 6.20 Å². The summed E-state index contributed by atoms with van der Waals surface area (Å²) in [5.74, 6) is 0.637. The fraction of sp³-hybridized carbons (Fsp3) is 0.182. The minimum atomic E-state index is -0.118. The maximum atomic E-state index is 11.0. The van der Waals surface area contributed by atoms with Gasteiger partial charge in [0.2, 0.25) is 0 Å². The average molecular weight is 189 g/mol. The van der Waals surface area contributed by atoms with Crippen molar-refractivity contribution in [3.05, 3.63) is 41.6 Å². The van der Waals surface area contributed by atoms with Crippen LogP contribution in [0.5, 0.6) is 5.75 Å². The van der Waals surface area contributed by atoms with Crippen molar-refractivity contribution < 1.29 is 9.63 Å². The number of benzene rings is 1. The van der Waals surface area contributed by atoms with Gasteiger partial charge in [-0.05, 0) is 25.0 Å². The quantitative estimate of drug-likeness (QED) is 0.711. The summed E-state index contributed by atoms with van der Waals surface area (Å²) >= 11 is 0. The average Bonchev–Trinajstić information content (AvgIpc) is 2.15. The molecule has 0 saturated carbocycles. The summed E-state index contributed by atoms with van der Waals surface area (Å²) in [5, 5.41) is 1.23. The third kappa shape index (κ3) is 1.37. The molecule has 0 unspecified atom stereocenters. The lowest BCUT2D eigenvalue weighted by Gasteiger charge is -2.24. The van der Waals surface area contributed by atoms with Crippen LogP contribution in [0.3, 0.4) is 0 Å². The maximum absolute atomic E-state index is 11.0. The van der Waals surface area contributed by atoms with Gasteiger partial charge in [0.25, 0.3) is 5.91 Å². The van der Waals surface area contributed by atoms with Gasteiger partial charge < -0.3 is 4.84 Å². The van der Waals surface area contributed by atoms with E-state index in [1.165, 1.54) is 11.1 Å². The van der Waals surface area contributed by atoms with Crippen LogP contribution in [-0.4, -0.2) is 11.0 Å². The van der Waals surface area contributed by atoms with Crippen LogP contribution in [0, 0.1) is 13.8 Å². The molecule has 72 valence electrons. The molecule has 0 atom stereocenters. The molecule has 0 radical (unpaired) electrons. The molecule has 0 aromatic heterocycles. The van der Waals surface area contributed by atoms with Gasteiger partial charge in [0, 0.05) is 6.08 Å². The van der Waals surface area contributed by atoms with Crippen LogP contribution in [0.4, 0.5) is 0 Å². The molecular formula is C11H11NO2. The molecule has 0 N–H and O–H groups in total. The lowest BCUT2D eigenvalue weighted by Crippen LogP contribution is -2.34. The molecule has 3 heteroatoms. The molecule has 1 aromatic carbocycles. The normalized spacial score (nSPS) is 14.1. The Morgan fingerprint density at radius 1 is 1.21 bits per heavy atom. The number of hydroxylamine groups is 2. The Morgan fingerprint density at radius 3 is 2.29 bits per heavy atom. The van der Waals surface area contributed by atoms with Crippen LogP contribution in [0.25, 0.3) is 0 Å². The van der Waals surface area contributed by atoms with Crippen LogP contribution < -0.4 is 4.84 Å². The standard InChI is InChI=1S/C11H11NO2/c1-8-4-3-5-9(2)11(8)14-12-7-6-10(12)13/h3-7H,1-2H3. The molecule has 2 rings (SSSR count). The van der Waals surface area contributed by atoms with Gasteiger partial charge in [-0.2, -0.15) is 0 Å². The number of carbonyl (C=O) groups is 1. The second-order valence-corrected chi connectivity index (χ2v) is 3.29. The largest absolute Gasteiger partial charge is 0.372 e. The van der Waals surface area contributed by atoms with Crippen LogP contribution in [-0.2, 0) is 4.79 Å². The Balaban J connectivity index is 2.24. The van der Waals surface area contributed by atoms with Crippen molar-refractivity contribution in [2.45, 2.75) is 13.8 Å². The number of rotatable bonds is 2. The second kappa shape index (κ2) is 3.18. The van der Waals surface area contributed by atoms with Gasteiger partial charge in [-0.1, -0.05) is 18.2 Å². The zero-order valence-corrected chi connectivity index (χ0v) is 8.15. The molecule has 1 aliphatic rings. The molecule has 1 aliphatic heterocycles. The molecule has 0 aliphatic carbocycles. The van der Waals surface area contributed by atoms with Crippen molar-refractivity contribution in [1.29, 1.82) is 0 Å². The molecule has 1 aromatic rings. The molecule has 1 amide bonds. The molecule has 3 nitrogen and oxygen atoms in total. The smallest absolute Gasteiger partial charge is 0.285 e. The Hall–Kier alpha value is -1.77. The van der Waals surface area contributed by atoms with Crippen LogP contribution in [0.2, 0.25) is 0 Å². The molecule has 1 heterocycles. The third-order valence-corrected chi connectivity index (χ3v) is 2.17. The molecular weight excluding hydrogens is 178 g/mol. The number of carbonyl (C=O) groups excluding carboxylic acids is 1. The van der Waals surface area contributed by atoms with Crippen molar-refractivity contribution >= 4 is 5.91 Å². The molecule has 0 bridgehead atoms. The fourth-order valence-electron chi connectivity index (χ4n) is 1.31. The number of hydrogen-bond donors (Lipinski definition) is 0. The highest BCUT2D eigenvalue weighted by molar-refractivity contribution is 5.93. The maximum Gasteiger partial charge on any atom is 0.285 e. The van der Waals surface area contributed by atoms with E-state index in [9.17, 15) is 4.79 Å². The van der Waals surface area contributed by atoms with Crippen molar-refractivity contribution in [3.8, 4) is 5.75 Å². The lowest BCUT2D eigenvalue weighted by atomic mass is 10.1. The molecule has 0 saturated heterocycles. The number of aryl methyl sites for hydroxylation is 2. The topological polar surface area (TPSA) is 29.5 Å². The summed E-state index contributed by atoms with van der Waals surface area (Å²) in [4.78, 5) is 16.4. The van der Waals surface area contributed by atoms with Gasteiger partial charge in [-0.3, -0.25) is 4.79 Å². The summed E-state index contributed by atoms with van der Waals surface area (Å²) < 4.78 is 0. The minimum absolute atomic E-state index is 0.118. The first-order valence-electron chi connectivity index (χ1n) is 4.44. The SMILES string of the molecule is Cc1cccc(C)c1ON1C=CC1=O. The predicted octanol–water partition coefficient (Wildman–Crippen LogP) is 1.95. The van der Waals surface area contributed by atoms with E-state index in [2.05, 4.69) is 0 Å². The summed E-state index contributed by atoms with van der Waals surface area (Å²) in [5.41, 5.74) is 2.05. The van der Waals surface area contributed by atoms with E-state index in [1.807, 2.05) is 32.0 Å². The minimum Gasteiger partial charge on any atom is -0.372 e. The molecule has 0 fully saturated rings. The van der Waals surface area contributed by atoms with Gasteiger partial charge in [0.15, 0.2) is 5.75 Å². The summed E-state index contributed by atoms with van der Waals surface area (Å²) in [7, 11) is 0. The van der Waals surface area contributed by atoms with Gasteiger partial charge in [-0.25, -0.2) is 0 Å². The van der Waals surface area contributed by atoms with E-state index in [4.69, 9.17) is 4.84 Å². The van der Waals surface area contributed by atoms with Crippen molar-refractivity contribution in [2.24, 2.45) is 0 Å². The van der Waals surface area contributed by atoms with Gasteiger partial charge >= 0.3 is 0 Å². The Labute approximate surface area is 82.5 Å². The van der Waals surface area contributed by atoms with E-state index in [-0.39, 0.29) is 5.91 Å². The highest BCUT2D eigenvalue weighted by Gasteiger charge is 2.19. The van der Waals surface area contributed by atoms with E-state index in [1.54, 1.807) is 6.20 Å². The number of amides is 1. The highest BCUT2D eigenvalue weighted by atomic mass is 16.7. The fourth-order valence-corrected chi connectivity index (χ4v) is 1.31. The third-order valence-electron chi connectivity index (χ3n) is 2.17. The Morgan fingerprint density at radius 2 is 1.86 bits per heavy atom. The van der Waals surface area contributed by atoms with Crippen molar-refractivity contribution in [2.75, 3.05) is 0 Å². The zero-order chi connectivity index (χ0) is 10.1. The van der Waals surface area contributed by atoms with Gasteiger partial charge in [0.1, 0.15) is 0 Å². The second-order valence-electron chi connectivity index (χ2n) is 3.29. The zero-order valence-electron chi connectivity index (χ0n) is 8.15. The van der Waals surface area contributed by atoms with Crippen LogP contribution in [0.1, 0.15) is 11.1 Å². The monoisotopic (exact) mass is 189 g/mol. The lowest BCUT2D eigenvalue weighted by molar-refractivity contribution is -0.147. The molecule has 14 heavy (non-hydrogen) atoms. The highest BCUT2D eigenvalue weighted by Crippen LogP contribution is 2.24. The number of para-hydroxylation sites is 1.